The van der Waals surface area contributed by atoms with Crippen LogP contribution in [0.5, 0.6) is 0 Å². The van der Waals surface area contributed by atoms with E-state index in [0.717, 1.165) is 5.56 Å². The van der Waals surface area contributed by atoms with Crippen molar-refractivity contribution in [1.82, 2.24) is 9.55 Å². The lowest BCUT2D eigenvalue weighted by Gasteiger charge is -2.06. The molecule has 0 bridgehead atoms. The average Bonchev–Trinajstić information content (AvgIpc) is 3.02. The number of benzene rings is 2. The van der Waals surface area contributed by atoms with E-state index in [0.29, 0.717) is 21.3 Å². The summed E-state index contributed by atoms with van der Waals surface area (Å²) in [6, 6.07) is 12.3. The van der Waals surface area contributed by atoms with Gasteiger partial charge in [0.05, 0.1) is 18.4 Å². The van der Waals surface area contributed by atoms with E-state index in [1.165, 1.54) is 46.5 Å². The Morgan fingerprint density at radius 1 is 1.04 bits per heavy atom. The molecule has 124 valence electrons. The summed E-state index contributed by atoms with van der Waals surface area (Å²) in [5.74, 6) is -0.680. The van der Waals surface area contributed by atoms with Crippen molar-refractivity contribution in [3.05, 3.63) is 87.8 Å². The van der Waals surface area contributed by atoms with Crippen LogP contribution in [0.15, 0.2) is 65.0 Å². The van der Waals surface area contributed by atoms with Gasteiger partial charge in [-0.15, -0.1) is 11.3 Å². The van der Waals surface area contributed by atoms with Crippen LogP contribution >= 0.6 is 11.3 Å². The van der Waals surface area contributed by atoms with Gasteiger partial charge in [-0.2, -0.15) is 0 Å². The summed E-state index contributed by atoms with van der Waals surface area (Å²) in [5, 5.41) is 1.81. The molecule has 6 heteroatoms. The molecule has 0 aliphatic rings. The number of hydrogen-bond donors (Lipinski definition) is 0. The molecule has 0 atom stereocenters. The molecule has 0 N–H and O–H groups in total. The topological polar surface area (TPSA) is 34.9 Å². The molecular formula is C19H12F2N2OS. The summed E-state index contributed by atoms with van der Waals surface area (Å²) in [7, 11) is 0. The molecule has 4 rings (SSSR count). The van der Waals surface area contributed by atoms with Crippen LogP contribution in [0.1, 0.15) is 5.56 Å². The SMILES string of the molecule is O=c1c2scc(-c3cccc(F)c3)c2ncn1Cc1cccc(F)c1. The van der Waals surface area contributed by atoms with Gasteiger partial charge in [-0.05, 0) is 35.4 Å². The Kier molecular flexibility index (Phi) is 3.89. The Hall–Kier alpha value is -2.86. The first-order valence-electron chi connectivity index (χ1n) is 7.59. The average molecular weight is 354 g/mol. The van der Waals surface area contributed by atoms with Crippen molar-refractivity contribution in [2.24, 2.45) is 0 Å². The second-order valence-electron chi connectivity index (χ2n) is 5.64. The summed E-state index contributed by atoms with van der Waals surface area (Å²) >= 11 is 1.28. The van der Waals surface area contributed by atoms with E-state index in [1.54, 1.807) is 29.6 Å². The first-order valence-corrected chi connectivity index (χ1v) is 8.47. The van der Waals surface area contributed by atoms with E-state index in [2.05, 4.69) is 4.98 Å². The van der Waals surface area contributed by atoms with Crippen molar-refractivity contribution in [2.45, 2.75) is 6.54 Å². The van der Waals surface area contributed by atoms with E-state index in [-0.39, 0.29) is 23.7 Å². The number of rotatable bonds is 3. The summed E-state index contributed by atoms with van der Waals surface area (Å²) < 4.78 is 28.7. The highest BCUT2D eigenvalue weighted by Gasteiger charge is 2.13. The normalized spacial score (nSPS) is 11.1. The van der Waals surface area contributed by atoms with Crippen molar-refractivity contribution in [1.29, 1.82) is 0 Å². The van der Waals surface area contributed by atoms with Crippen molar-refractivity contribution in [3.8, 4) is 11.1 Å². The molecule has 3 nitrogen and oxygen atoms in total. The van der Waals surface area contributed by atoms with E-state index in [9.17, 15) is 13.6 Å². The minimum Gasteiger partial charge on any atom is -0.294 e. The third-order valence-electron chi connectivity index (χ3n) is 3.92. The fraction of sp³-hybridized carbons (Fsp3) is 0.0526. The van der Waals surface area contributed by atoms with Gasteiger partial charge >= 0.3 is 0 Å². The van der Waals surface area contributed by atoms with Gasteiger partial charge < -0.3 is 0 Å². The quantitative estimate of drug-likeness (QED) is 0.545. The maximum absolute atomic E-state index is 13.5. The predicted octanol–water partition coefficient (Wildman–Crippen LogP) is 4.45. The molecule has 2 aromatic heterocycles. The molecule has 25 heavy (non-hydrogen) atoms. The van der Waals surface area contributed by atoms with Gasteiger partial charge in [0.15, 0.2) is 0 Å². The van der Waals surface area contributed by atoms with E-state index in [1.807, 2.05) is 0 Å². The third-order valence-corrected chi connectivity index (χ3v) is 4.88. The van der Waals surface area contributed by atoms with Crippen LogP contribution in [-0.4, -0.2) is 9.55 Å². The van der Waals surface area contributed by atoms with Crippen molar-refractivity contribution in [3.63, 3.8) is 0 Å². The summed E-state index contributed by atoms with van der Waals surface area (Å²) in [6.07, 6.45) is 1.45. The Labute approximate surface area is 145 Å². The lowest BCUT2D eigenvalue weighted by atomic mass is 10.1. The van der Waals surface area contributed by atoms with Crippen molar-refractivity contribution < 1.29 is 8.78 Å². The number of aromatic nitrogens is 2. The van der Waals surface area contributed by atoms with Crippen LogP contribution in [0.25, 0.3) is 21.3 Å². The molecule has 4 aromatic rings. The second kappa shape index (κ2) is 6.22. The molecule has 0 amide bonds. The highest BCUT2D eigenvalue weighted by molar-refractivity contribution is 7.17. The van der Waals surface area contributed by atoms with Gasteiger partial charge in [-0.3, -0.25) is 9.36 Å². The van der Waals surface area contributed by atoms with Crippen LogP contribution < -0.4 is 5.56 Å². The summed E-state index contributed by atoms with van der Waals surface area (Å²) in [4.78, 5) is 17.1. The van der Waals surface area contributed by atoms with Crippen LogP contribution in [0.4, 0.5) is 8.78 Å². The molecule has 0 unspecified atom stereocenters. The second-order valence-corrected chi connectivity index (χ2v) is 6.52. The fourth-order valence-electron chi connectivity index (χ4n) is 2.75. The van der Waals surface area contributed by atoms with Crippen LogP contribution in [-0.2, 0) is 6.54 Å². The minimum absolute atomic E-state index is 0.193. The van der Waals surface area contributed by atoms with Gasteiger partial charge in [0.2, 0.25) is 0 Å². The standard InChI is InChI=1S/C19H12F2N2OS/c20-14-5-1-3-12(7-14)9-23-11-22-17-16(10-25-18(17)19(23)24)13-4-2-6-15(21)8-13/h1-8,10-11H,9H2. The Morgan fingerprint density at radius 3 is 2.56 bits per heavy atom. The number of hydrogen-bond acceptors (Lipinski definition) is 3. The zero-order valence-corrected chi connectivity index (χ0v) is 13.8. The number of fused-ring (bicyclic) bond motifs is 1. The van der Waals surface area contributed by atoms with Gasteiger partial charge in [-0.1, -0.05) is 24.3 Å². The number of nitrogens with zero attached hydrogens (tertiary/aromatic N) is 2. The van der Waals surface area contributed by atoms with Crippen molar-refractivity contribution in [2.75, 3.05) is 0 Å². The molecular weight excluding hydrogens is 342 g/mol. The number of halogens is 2. The molecule has 0 fully saturated rings. The molecule has 0 aliphatic carbocycles. The monoisotopic (exact) mass is 354 g/mol. The molecule has 0 saturated heterocycles. The molecule has 0 aliphatic heterocycles. The lowest BCUT2D eigenvalue weighted by Crippen LogP contribution is -2.20. The smallest absolute Gasteiger partial charge is 0.271 e. The third kappa shape index (κ3) is 2.96. The largest absolute Gasteiger partial charge is 0.294 e. The van der Waals surface area contributed by atoms with Gasteiger partial charge in [0, 0.05) is 10.9 Å². The first-order chi connectivity index (χ1) is 12.1. The highest BCUT2D eigenvalue weighted by Crippen LogP contribution is 2.31. The van der Waals surface area contributed by atoms with Crippen molar-refractivity contribution >= 4 is 21.6 Å². The van der Waals surface area contributed by atoms with Gasteiger partial charge in [0.1, 0.15) is 16.3 Å². The number of thiophene rings is 1. The zero-order valence-electron chi connectivity index (χ0n) is 12.9. The molecule has 0 radical (unpaired) electrons. The van der Waals surface area contributed by atoms with E-state index < -0.39 is 0 Å². The molecule has 2 aromatic carbocycles. The van der Waals surface area contributed by atoms with Crippen LogP contribution in [0.3, 0.4) is 0 Å². The van der Waals surface area contributed by atoms with Crippen LogP contribution in [0.2, 0.25) is 0 Å². The van der Waals surface area contributed by atoms with E-state index in [4.69, 9.17) is 0 Å². The van der Waals surface area contributed by atoms with E-state index >= 15 is 0 Å². The maximum Gasteiger partial charge on any atom is 0.271 e. The summed E-state index contributed by atoms with van der Waals surface area (Å²) in [6.45, 7) is 0.243. The summed E-state index contributed by atoms with van der Waals surface area (Å²) in [5.41, 5.74) is 2.46. The van der Waals surface area contributed by atoms with Gasteiger partial charge in [0.25, 0.3) is 5.56 Å². The predicted molar refractivity (Wildman–Crippen MR) is 94.8 cm³/mol. The molecule has 0 saturated carbocycles. The molecule has 0 spiro atoms. The zero-order chi connectivity index (χ0) is 17.4. The Balaban J connectivity index is 1.78. The maximum atomic E-state index is 13.5. The van der Waals surface area contributed by atoms with Gasteiger partial charge in [-0.25, -0.2) is 13.8 Å². The highest BCUT2D eigenvalue weighted by atomic mass is 32.1. The molecule has 2 heterocycles. The Morgan fingerprint density at radius 2 is 1.80 bits per heavy atom. The minimum atomic E-state index is -0.343. The van der Waals surface area contributed by atoms with Crippen LogP contribution in [0, 0.1) is 11.6 Å². The first kappa shape index (κ1) is 15.7. The Bertz CT molecular complexity index is 1130. The fourth-order valence-corrected chi connectivity index (χ4v) is 3.72. The lowest BCUT2D eigenvalue weighted by molar-refractivity contribution is 0.622.